The molecule has 0 aliphatic carbocycles. The highest BCUT2D eigenvalue weighted by molar-refractivity contribution is 7.86. The lowest BCUT2D eigenvalue weighted by Crippen LogP contribution is -2.23. The Bertz CT molecular complexity index is 1110. The molecule has 0 amide bonds. The number of para-hydroxylation sites is 1. The van der Waals surface area contributed by atoms with E-state index >= 15 is 0 Å². The van der Waals surface area contributed by atoms with Gasteiger partial charge in [-0.1, -0.05) is 54.1 Å². The first kappa shape index (κ1) is 18.7. The van der Waals surface area contributed by atoms with Crippen molar-refractivity contribution in [3.63, 3.8) is 0 Å². The number of hydrogen-bond acceptors (Lipinski definition) is 4. The minimum atomic E-state index is -3.86. The van der Waals surface area contributed by atoms with Crippen LogP contribution in [-0.4, -0.2) is 21.1 Å². The van der Waals surface area contributed by atoms with Crippen molar-refractivity contribution in [2.24, 2.45) is 0 Å². The van der Waals surface area contributed by atoms with Crippen molar-refractivity contribution in [3.8, 4) is 16.9 Å². The van der Waals surface area contributed by atoms with Gasteiger partial charge in [0.1, 0.15) is 24.3 Å². The van der Waals surface area contributed by atoms with Crippen LogP contribution in [0.25, 0.3) is 11.1 Å². The van der Waals surface area contributed by atoms with Gasteiger partial charge >= 0.3 is 0 Å². The number of aryl methyl sites for hydroxylation is 1. The molecule has 0 radical (unpaired) electrons. The van der Waals surface area contributed by atoms with Crippen molar-refractivity contribution in [1.82, 2.24) is 0 Å². The minimum absolute atomic E-state index is 0.110. The zero-order chi connectivity index (χ0) is 19.7. The van der Waals surface area contributed by atoms with Crippen LogP contribution in [0.1, 0.15) is 11.1 Å². The predicted molar refractivity (Wildman–Crippen MR) is 104 cm³/mol. The Morgan fingerprint density at radius 1 is 1.00 bits per heavy atom. The van der Waals surface area contributed by atoms with Crippen LogP contribution in [0.4, 0.5) is 4.39 Å². The summed E-state index contributed by atoms with van der Waals surface area (Å²) < 4.78 is 50.1. The van der Waals surface area contributed by atoms with Gasteiger partial charge in [-0.25, -0.2) is 4.39 Å². The number of fused-ring (bicyclic) bond motifs is 1. The highest BCUT2D eigenvalue weighted by Gasteiger charge is 2.28. The van der Waals surface area contributed by atoms with Gasteiger partial charge < -0.3 is 4.74 Å². The maximum absolute atomic E-state index is 14.2. The average molecular weight is 398 g/mol. The lowest BCUT2D eigenvalue weighted by molar-refractivity contribution is 0.152. The van der Waals surface area contributed by atoms with Gasteiger partial charge in [-0.05, 0) is 30.7 Å². The first-order valence-electron chi connectivity index (χ1n) is 8.93. The number of halogens is 1. The summed E-state index contributed by atoms with van der Waals surface area (Å²) in [4.78, 5) is 0.112. The standard InChI is InChI=1S/C22H19FO4S/c1-15-9-11-18(12-10-15)28(24,25)26-14-17-13-16-5-4-7-20(22(16)27-17)19-6-2-3-8-21(19)23/h2-12,17H,13-14H2,1H3. The van der Waals surface area contributed by atoms with Crippen molar-refractivity contribution in [1.29, 1.82) is 0 Å². The molecule has 0 saturated heterocycles. The largest absolute Gasteiger partial charge is 0.487 e. The van der Waals surface area contributed by atoms with Gasteiger partial charge in [-0.15, -0.1) is 0 Å². The molecule has 144 valence electrons. The van der Waals surface area contributed by atoms with E-state index in [9.17, 15) is 12.8 Å². The van der Waals surface area contributed by atoms with Gasteiger partial charge in [0.05, 0.1) is 4.90 Å². The lowest BCUT2D eigenvalue weighted by Gasteiger charge is -2.13. The molecule has 0 spiro atoms. The van der Waals surface area contributed by atoms with Crippen LogP contribution in [0.3, 0.4) is 0 Å². The van der Waals surface area contributed by atoms with Crippen LogP contribution < -0.4 is 4.74 Å². The molecule has 6 heteroatoms. The van der Waals surface area contributed by atoms with Gasteiger partial charge in [-0.3, -0.25) is 4.18 Å². The Kier molecular flexibility index (Phi) is 4.91. The van der Waals surface area contributed by atoms with E-state index in [4.69, 9.17) is 8.92 Å². The summed E-state index contributed by atoms with van der Waals surface area (Å²) >= 11 is 0. The summed E-state index contributed by atoms with van der Waals surface area (Å²) in [6.45, 7) is 1.77. The second-order valence-corrected chi connectivity index (χ2v) is 8.38. The molecule has 1 aliphatic rings. The Hall–Kier alpha value is -2.70. The summed E-state index contributed by atoms with van der Waals surface area (Å²) in [5.41, 5.74) is 2.98. The quantitative estimate of drug-likeness (QED) is 0.594. The molecule has 4 nitrogen and oxygen atoms in total. The molecule has 3 aromatic carbocycles. The summed E-state index contributed by atoms with van der Waals surface area (Å²) in [7, 11) is -3.86. The molecule has 0 N–H and O–H groups in total. The van der Waals surface area contributed by atoms with E-state index in [0.717, 1.165) is 11.1 Å². The van der Waals surface area contributed by atoms with Crippen molar-refractivity contribution in [2.45, 2.75) is 24.3 Å². The van der Waals surface area contributed by atoms with E-state index in [1.165, 1.54) is 18.2 Å². The van der Waals surface area contributed by atoms with E-state index in [0.29, 0.717) is 23.3 Å². The summed E-state index contributed by atoms with van der Waals surface area (Å²) in [6, 6.07) is 18.5. The smallest absolute Gasteiger partial charge is 0.297 e. The third kappa shape index (κ3) is 3.66. The Morgan fingerprint density at radius 3 is 2.46 bits per heavy atom. The number of rotatable bonds is 5. The third-order valence-electron chi connectivity index (χ3n) is 4.71. The monoisotopic (exact) mass is 398 g/mol. The van der Waals surface area contributed by atoms with Crippen LogP contribution in [0.2, 0.25) is 0 Å². The van der Waals surface area contributed by atoms with Crippen molar-refractivity contribution < 1.29 is 21.7 Å². The minimum Gasteiger partial charge on any atom is -0.487 e. The molecule has 1 aliphatic heterocycles. The first-order valence-corrected chi connectivity index (χ1v) is 10.3. The van der Waals surface area contributed by atoms with Crippen LogP contribution in [0, 0.1) is 12.7 Å². The second-order valence-electron chi connectivity index (χ2n) is 6.77. The molecular formula is C22H19FO4S. The van der Waals surface area contributed by atoms with Crippen LogP contribution in [-0.2, 0) is 20.7 Å². The zero-order valence-corrected chi connectivity index (χ0v) is 16.1. The summed E-state index contributed by atoms with van der Waals surface area (Å²) in [6.07, 6.45) is 0.0456. The summed E-state index contributed by atoms with van der Waals surface area (Å²) in [5, 5.41) is 0. The van der Waals surface area contributed by atoms with E-state index in [2.05, 4.69) is 0 Å². The van der Waals surface area contributed by atoms with Crippen molar-refractivity contribution in [2.75, 3.05) is 6.61 Å². The predicted octanol–water partition coefficient (Wildman–Crippen LogP) is 4.51. The van der Waals surface area contributed by atoms with Gasteiger partial charge in [0.2, 0.25) is 0 Å². The van der Waals surface area contributed by atoms with E-state index < -0.39 is 16.2 Å². The zero-order valence-electron chi connectivity index (χ0n) is 15.3. The molecular weight excluding hydrogens is 379 g/mol. The fourth-order valence-corrected chi connectivity index (χ4v) is 4.20. The molecule has 4 rings (SSSR count). The fraction of sp³-hybridized carbons (Fsp3) is 0.182. The molecule has 0 aromatic heterocycles. The van der Waals surface area contributed by atoms with E-state index in [1.54, 1.807) is 36.4 Å². The molecule has 1 heterocycles. The Labute approximate surface area is 163 Å². The van der Waals surface area contributed by atoms with Gasteiger partial charge in [-0.2, -0.15) is 8.42 Å². The van der Waals surface area contributed by atoms with Crippen molar-refractivity contribution in [3.05, 3.63) is 83.7 Å². The average Bonchev–Trinajstić information content (AvgIpc) is 3.11. The van der Waals surface area contributed by atoms with E-state index in [-0.39, 0.29) is 17.3 Å². The van der Waals surface area contributed by atoms with Crippen LogP contribution in [0.15, 0.2) is 71.6 Å². The highest BCUT2D eigenvalue weighted by Crippen LogP contribution is 2.39. The molecule has 0 fully saturated rings. The highest BCUT2D eigenvalue weighted by atomic mass is 32.2. The number of hydrogen-bond donors (Lipinski definition) is 0. The van der Waals surface area contributed by atoms with Crippen LogP contribution in [0.5, 0.6) is 5.75 Å². The maximum Gasteiger partial charge on any atom is 0.297 e. The molecule has 3 aromatic rings. The number of benzene rings is 3. The Balaban J connectivity index is 1.51. The SMILES string of the molecule is Cc1ccc(S(=O)(=O)OCC2Cc3cccc(-c4ccccc4F)c3O2)cc1. The lowest BCUT2D eigenvalue weighted by atomic mass is 10.0. The van der Waals surface area contributed by atoms with Gasteiger partial charge in [0, 0.05) is 17.5 Å². The van der Waals surface area contributed by atoms with Gasteiger partial charge in [0.25, 0.3) is 10.1 Å². The maximum atomic E-state index is 14.2. The number of ether oxygens (including phenoxy) is 1. The molecule has 1 unspecified atom stereocenters. The van der Waals surface area contributed by atoms with Crippen LogP contribution >= 0.6 is 0 Å². The fourth-order valence-electron chi connectivity index (χ4n) is 3.26. The second kappa shape index (κ2) is 7.37. The third-order valence-corrected chi connectivity index (χ3v) is 6.01. The van der Waals surface area contributed by atoms with Gasteiger partial charge in [0.15, 0.2) is 0 Å². The van der Waals surface area contributed by atoms with Crippen molar-refractivity contribution >= 4 is 10.1 Å². The molecule has 28 heavy (non-hydrogen) atoms. The first-order chi connectivity index (χ1) is 13.4. The molecule has 0 bridgehead atoms. The summed E-state index contributed by atoms with van der Waals surface area (Å²) in [5.74, 6) is 0.245. The normalized spacial score (nSPS) is 15.9. The molecule has 0 saturated carbocycles. The van der Waals surface area contributed by atoms with E-state index in [1.807, 2.05) is 19.1 Å². The molecule has 1 atom stereocenters. The topological polar surface area (TPSA) is 52.6 Å². The Morgan fingerprint density at radius 2 is 1.71 bits per heavy atom.